The van der Waals surface area contributed by atoms with E-state index in [9.17, 15) is 4.79 Å². The van der Waals surface area contributed by atoms with Crippen molar-refractivity contribution >= 4 is 18.3 Å². The van der Waals surface area contributed by atoms with E-state index in [1.54, 1.807) is 6.92 Å². The standard InChI is InChI=1S/C12H24N2O.ClH/c1-9(13)11(15)14(4)10-5-7-12(2,3)8-6-10;/h9-10H,5-8,13H2,1-4H3;1H. The molecule has 2 N–H and O–H groups in total. The Morgan fingerprint density at radius 3 is 2.19 bits per heavy atom. The van der Waals surface area contributed by atoms with Gasteiger partial charge in [0.1, 0.15) is 0 Å². The topological polar surface area (TPSA) is 46.3 Å². The highest BCUT2D eigenvalue weighted by atomic mass is 35.5. The van der Waals surface area contributed by atoms with Crippen LogP contribution in [0.4, 0.5) is 0 Å². The maximum absolute atomic E-state index is 11.7. The number of hydrogen-bond acceptors (Lipinski definition) is 2. The molecule has 0 spiro atoms. The third kappa shape index (κ3) is 3.95. The normalized spacial score (nSPS) is 22.1. The quantitative estimate of drug-likeness (QED) is 0.814. The maximum atomic E-state index is 11.7. The van der Waals surface area contributed by atoms with Crippen molar-refractivity contribution in [3.05, 3.63) is 0 Å². The van der Waals surface area contributed by atoms with Crippen LogP contribution in [0.15, 0.2) is 0 Å². The Morgan fingerprint density at radius 1 is 1.38 bits per heavy atom. The van der Waals surface area contributed by atoms with Crippen LogP contribution in [0, 0.1) is 5.41 Å². The van der Waals surface area contributed by atoms with Crippen LogP contribution >= 0.6 is 12.4 Å². The zero-order valence-electron chi connectivity index (χ0n) is 10.8. The van der Waals surface area contributed by atoms with Crippen molar-refractivity contribution < 1.29 is 4.79 Å². The van der Waals surface area contributed by atoms with Crippen molar-refractivity contribution in [2.24, 2.45) is 11.1 Å². The van der Waals surface area contributed by atoms with Gasteiger partial charge in [0.05, 0.1) is 6.04 Å². The SMILES string of the molecule is CC(N)C(=O)N(C)C1CCC(C)(C)CC1.Cl. The molecule has 0 aromatic carbocycles. The second kappa shape index (κ2) is 5.87. The lowest BCUT2D eigenvalue weighted by Crippen LogP contribution is -2.47. The van der Waals surface area contributed by atoms with Gasteiger partial charge in [0.15, 0.2) is 0 Å². The molecule has 1 amide bonds. The molecule has 1 aliphatic carbocycles. The van der Waals surface area contributed by atoms with E-state index >= 15 is 0 Å². The molecular weight excluding hydrogens is 224 g/mol. The lowest BCUT2D eigenvalue weighted by molar-refractivity contribution is -0.134. The fraction of sp³-hybridized carbons (Fsp3) is 0.917. The minimum atomic E-state index is -0.370. The Kier molecular flexibility index (Phi) is 5.77. The summed E-state index contributed by atoms with van der Waals surface area (Å²) in [6, 6.07) is 0.0291. The van der Waals surface area contributed by atoms with Gasteiger partial charge >= 0.3 is 0 Å². The van der Waals surface area contributed by atoms with Gasteiger partial charge < -0.3 is 10.6 Å². The van der Waals surface area contributed by atoms with Gasteiger partial charge in [-0.15, -0.1) is 12.4 Å². The van der Waals surface area contributed by atoms with Gasteiger partial charge in [0.25, 0.3) is 0 Å². The third-order valence-corrected chi connectivity index (χ3v) is 3.59. The molecule has 0 saturated heterocycles. The first-order valence-corrected chi connectivity index (χ1v) is 5.86. The number of likely N-dealkylation sites (N-methyl/N-ethyl adjacent to an activating group) is 1. The van der Waals surface area contributed by atoms with E-state index in [1.807, 2.05) is 11.9 Å². The Labute approximate surface area is 105 Å². The van der Waals surface area contributed by atoms with E-state index in [-0.39, 0.29) is 24.4 Å². The second-order valence-corrected chi connectivity index (χ2v) is 5.63. The summed E-state index contributed by atoms with van der Waals surface area (Å²) >= 11 is 0. The summed E-state index contributed by atoms with van der Waals surface area (Å²) in [5, 5.41) is 0. The van der Waals surface area contributed by atoms with Gasteiger partial charge in [-0.05, 0) is 38.0 Å². The zero-order chi connectivity index (χ0) is 11.6. The van der Waals surface area contributed by atoms with Crippen molar-refractivity contribution in [3.63, 3.8) is 0 Å². The largest absolute Gasteiger partial charge is 0.341 e. The lowest BCUT2D eigenvalue weighted by atomic mass is 9.75. The smallest absolute Gasteiger partial charge is 0.239 e. The summed E-state index contributed by atoms with van der Waals surface area (Å²) in [5.41, 5.74) is 6.06. The minimum Gasteiger partial charge on any atom is -0.341 e. The van der Waals surface area contributed by atoms with E-state index in [0.717, 1.165) is 12.8 Å². The molecule has 0 aliphatic heterocycles. The predicted octanol–water partition coefficient (Wildman–Crippen LogP) is 2.18. The highest BCUT2D eigenvalue weighted by Crippen LogP contribution is 2.36. The van der Waals surface area contributed by atoms with Crippen LogP contribution in [0.5, 0.6) is 0 Å². The number of carbonyl (C=O) groups excluding carboxylic acids is 1. The number of nitrogens with zero attached hydrogens (tertiary/aromatic N) is 1. The Hall–Kier alpha value is -0.280. The Morgan fingerprint density at radius 2 is 1.81 bits per heavy atom. The molecule has 0 aromatic heterocycles. The average molecular weight is 249 g/mol. The fourth-order valence-electron chi connectivity index (χ4n) is 2.27. The van der Waals surface area contributed by atoms with Crippen LogP contribution in [0.25, 0.3) is 0 Å². The molecule has 3 nitrogen and oxygen atoms in total. The Bertz CT molecular complexity index is 231. The third-order valence-electron chi connectivity index (χ3n) is 3.59. The molecule has 1 unspecified atom stereocenters. The lowest BCUT2D eigenvalue weighted by Gasteiger charge is -2.39. The summed E-state index contributed by atoms with van der Waals surface area (Å²) in [6.45, 7) is 6.36. The van der Waals surface area contributed by atoms with Crippen molar-refractivity contribution in [2.45, 2.75) is 58.5 Å². The van der Waals surface area contributed by atoms with Gasteiger partial charge in [0.2, 0.25) is 5.91 Å². The van der Waals surface area contributed by atoms with Crippen molar-refractivity contribution in [2.75, 3.05) is 7.05 Å². The van der Waals surface area contributed by atoms with Gasteiger partial charge in [-0.2, -0.15) is 0 Å². The molecule has 1 fully saturated rings. The van der Waals surface area contributed by atoms with Crippen LogP contribution in [0.1, 0.15) is 46.5 Å². The molecule has 1 saturated carbocycles. The fourth-order valence-corrected chi connectivity index (χ4v) is 2.27. The molecule has 96 valence electrons. The van der Waals surface area contributed by atoms with Crippen LogP contribution in [0.2, 0.25) is 0 Å². The molecule has 1 aliphatic rings. The van der Waals surface area contributed by atoms with E-state index < -0.39 is 0 Å². The summed E-state index contributed by atoms with van der Waals surface area (Å²) in [4.78, 5) is 13.6. The average Bonchev–Trinajstić information content (AvgIpc) is 2.15. The summed E-state index contributed by atoms with van der Waals surface area (Å²) in [5.74, 6) is 0.0692. The zero-order valence-corrected chi connectivity index (χ0v) is 11.6. The van der Waals surface area contributed by atoms with Gasteiger partial charge in [0, 0.05) is 13.1 Å². The van der Waals surface area contributed by atoms with Gasteiger partial charge in [-0.3, -0.25) is 4.79 Å². The molecule has 1 rings (SSSR count). The molecule has 0 heterocycles. The summed E-state index contributed by atoms with van der Waals surface area (Å²) in [7, 11) is 1.88. The molecule has 1 atom stereocenters. The van der Waals surface area contributed by atoms with E-state index in [2.05, 4.69) is 13.8 Å². The first-order valence-electron chi connectivity index (χ1n) is 5.86. The second-order valence-electron chi connectivity index (χ2n) is 5.63. The van der Waals surface area contributed by atoms with E-state index in [0.29, 0.717) is 11.5 Å². The van der Waals surface area contributed by atoms with Crippen molar-refractivity contribution in [3.8, 4) is 0 Å². The number of hydrogen-bond donors (Lipinski definition) is 1. The van der Waals surface area contributed by atoms with Crippen LogP contribution < -0.4 is 5.73 Å². The Balaban J connectivity index is 0.00000225. The highest BCUT2D eigenvalue weighted by Gasteiger charge is 2.31. The molecule has 0 radical (unpaired) electrons. The number of nitrogens with two attached hydrogens (primary N) is 1. The number of halogens is 1. The predicted molar refractivity (Wildman–Crippen MR) is 69.7 cm³/mol. The summed E-state index contributed by atoms with van der Waals surface area (Å²) < 4.78 is 0. The van der Waals surface area contributed by atoms with Crippen LogP contribution in [-0.4, -0.2) is 29.9 Å². The number of rotatable bonds is 2. The summed E-state index contributed by atoms with van der Waals surface area (Å²) in [6.07, 6.45) is 4.63. The molecule has 0 aromatic rings. The number of carbonyl (C=O) groups is 1. The van der Waals surface area contributed by atoms with Crippen LogP contribution in [0.3, 0.4) is 0 Å². The van der Waals surface area contributed by atoms with Crippen LogP contribution in [-0.2, 0) is 4.79 Å². The first kappa shape index (κ1) is 15.7. The molecular formula is C12H25ClN2O. The first-order chi connectivity index (χ1) is 6.83. The highest BCUT2D eigenvalue weighted by molar-refractivity contribution is 5.85. The van der Waals surface area contributed by atoms with Crippen molar-refractivity contribution in [1.29, 1.82) is 0 Å². The van der Waals surface area contributed by atoms with Gasteiger partial charge in [-0.25, -0.2) is 0 Å². The number of amides is 1. The molecule has 16 heavy (non-hydrogen) atoms. The minimum absolute atomic E-state index is 0. The van der Waals surface area contributed by atoms with Crippen molar-refractivity contribution in [1.82, 2.24) is 4.90 Å². The maximum Gasteiger partial charge on any atom is 0.239 e. The van der Waals surface area contributed by atoms with E-state index in [1.165, 1.54) is 12.8 Å². The van der Waals surface area contributed by atoms with E-state index in [4.69, 9.17) is 5.73 Å². The molecule has 0 bridgehead atoms. The molecule has 4 heteroatoms. The van der Waals surface area contributed by atoms with Gasteiger partial charge in [-0.1, -0.05) is 13.8 Å². The monoisotopic (exact) mass is 248 g/mol.